The molecule has 1 aliphatic heterocycles. The lowest BCUT2D eigenvalue weighted by Crippen LogP contribution is -2.31. The fourth-order valence-corrected chi connectivity index (χ4v) is 3.27. The SMILES string of the molecule is Clc1cccc2c(C3=CCCN(CC4CC4)C3)[nH]nc12. The lowest BCUT2D eigenvalue weighted by atomic mass is 10.0. The van der Waals surface area contributed by atoms with Gasteiger partial charge in [0.25, 0.3) is 0 Å². The van der Waals surface area contributed by atoms with Crippen molar-refractivity contribution in [1.29, 1.82) is 0 Å². The first-order valence-corrected chi connectivity index (χ1v) is 7.73. The maximum Gasteiger partial charge on any atom is 0.111 e. The number of hydrogen-bond acceptors (Lipinski definition) is 2. The molecule has 2 aliphatic rings. The van der Waals surface area contributed by atoms with Gasteiger partial charge < -0.3 is 0 Å². The molecule has 1 N–H and O–H groups in total. The third-order valence-electron chi connectivity index (χ3n) is 4.30. The highest BCUT2D eigenvalue weighted by molar-refractivity contribution is 6.35. The molecule has 0 spiro atoms. The molecule has 0 radical (unpaired) electrons. The molecule has 1 aromatic carbocycles. The monoisotopic (exact) mass is 287 g/mol. The standard InChI is InChI=1S/C16H18ClN3/c17-14-5-1-4-13-15(18-19-16(13)14)12-3-2-8-20(10-12)9-11-6-7-11/h1,3-5,11H,2,6-10H2,(H,18,19). The van der Waals surface area contributed by atoms with E-state index in [-0.39, 0.29) is 0 Å². The number of benzene rings is 1. The minimum absolute atomic E-state index is 0.719. The highest BCUT2D eigenvalue weighted by Crippen LogP contribution is 2.33. The molecule has 1 aromatic heterocycles. The van der Waals surface area contributed by atoms with Crippen LogP contribution in [-0.4, -0.2) is 34.7 Å². The van der Waals surface area contributed by atoms with Gasteiger partial charge in [0.2, 0.25) is 0 Å². The first-order valence-electron chi connectivity index (χ1n) is 7.35. The summed E-state index contributed by atoms with van der Waals surface area (Å²) in [5, 5.41) is 9.41. The van der Waals surface area contributed by atoms with E-state index in [1.807, 2.05) is 12.1 Å². The number of hydrogen-bond donors (Lipinski definition) is 1. The van der Waals surface area contributed by atoms with Gasteiger partial charge in [0.15, 0.2) is 0 Å². The molecule has 3 nitrogen and oxygen atoms in total. The number of rotatable bonds is 3. The van der Waals surface area contributed by atoms with E-state index < -0.39 is 0 Å². The number of aromatic nitrogens is 2. The first kappa shape index (κ1) is 12.4. The van der Waals surface area contributed by atoms with Gasteiger partial charge in [-0.2, -0.15) is 5.10 Å². The van der Waals surface area contributed by atoms with E-state index in [0.717, 1.165) is 40.5 Å². The van der Waals surface area contributed by atoms with Crippen LogP contribution in [0.5, 0.6) is 0 Å². The summed E-state index contributed by atoms with van der Waals surface area (Å²) < 4.78 is 0. The number of nitrogens with zero attached hydrogens (tertiary/aromatic N) is 2. The molecule has 0 saturated heterocycles. The Balaban J connectivity index is 1.64. The zero-order chi connectivity index (χ0) is 13.5. The van der Waals surface area contributed by atoms with Crippen LogP contribution in [0.25, 0.3) is 16.5 Å². The van der Waals surface area contributed by atoms with Crippen molar-refractivity contribution in [3.63, 3.8) is 0 Å². The Morgan fingerprint density at radius 2 is 2.25 bits per heavy atom. The average Bonchev–Trinajstić information content (AvgIpc) is 3.16. The number of aromatic amines is 1. The Morgan fingerprint density at radius 1 is 1.35 bits per heavy atom. The predicted octanol–water partition coefficient (Wildman–Crippen LogP) is 3.72. The molecular formula is C16H18ClN3. The van der Waals surface area contributed by atoms with Gasteiger partial charge in [-0.1, -0.05) is 29.8 Å². The second kappa shape index (κ2) is 4.90. The Hall–Kier alpha value is -1.32. The van der Waals surface area contributed by atoms with E-state index in [1.165, 1.54) is 31.5 Å². The molecule has 1 aliphatic carbocycles. The number of halogens is 1. The van der Waals surface area contributed by atoms with Crippen LogP contribution in [0.15, 0.2) is 24.3 Å². The largest absolute Gasteiger partial charge is 0.298 e. The fraction of sp³-hybridized carbons (Fsp3) is 0.438. The van der Waals surface area contributed by atoms with Crippen molar-refractivity contribution in [2.45, 2.75) is 19.3 Å². The third kappa shape index (κ3) is 2.25. The van der Waals surface area contributed by atoms with Crippen LogP contribution in [-0.2, 0) is 0 Å². The Labute approximate surface area is 123 Å². The summed E-state index contributed by atoms with van der Waals surface area (Å²) in [6.45, 7) is 3.47. The van der Waals surface area contributed by atoms with Crippen molar-refractivity contribution in [3.05, 3.63) is 35.0 Å². The number of fused-ring (bicyclic) bond motifs is 1. The van der Waals surface area contributed by atoms with Crippen molar-refractivity contribution in [2.75, 3.05) is 19.6 Å². The van der Waals surface area contributed by atoms with E-state index in [9.17, 15) is 0 Å². The lowest BCUT2D eigenvalue weighted by Gasteiger charge is -2.26. The zero-order valence-corrected chi connectivity index (χ0v) is 12.2. The van der Waals surface area contributed by atoms with Gasteiger partial charge in [-0.25, -0.2) is 0 Å². The molecule has 0 atom stereocenters. The molecule has 4 heteroatoms. The molecule has 4 rings (SSSR count). The van der Waals surface area contributed by atoms with Crippen LogP contribution in [0.1, 0.15) is 25.0 Å². The van der Waals surface area contributed by atoms with Gasteiger partial charge >= 0.3 is 0 Å². The first-order chi connectivity index (χ1) is 9.81. The van der Waals surface area contributed by atoms with Crippen LogP contribution in [0.3, 0.4) is 0 Å². The number of H-pyrrole nitrogens is 1. The Bertz CT molecular complexity index is 669. The van der Waals surface area contributed by atoms with E-state index in [2.05, 4.69) is 27.2 Å². The van der Waals surface area contributed by atoms with Crippen molar-refractivity contribution in [1.82, 2.24) is 15.1 Å². The fourth-order valence-electron chi connectivity index (χ4n) is 3.06. The summed E-state index contributed by atoms with van der Waals surface area (Å²) in [4.78, 5) is 2.57. The summed E-state index contributed by atoms with van der Waals surface area (Å²) in [5.74, 6) is 0.947. The van der Waals surface area contributed by atoms with Gasteiger partial charge in [0.1, 0.15) is 5.52 Å². The molecule has 0 unspecified atom stereocenters. The lowest BCUT2D eigenvalue weighted by molar-refractivity contribution is 0.292. The third-order valence-corrected chi connectivity index (χ3v) is 4.61. The van der Waals surface area contributed by atoms with Crippen molar-refractivity contribution in [3.8, 4) is 0 Å². The quantitative estimate of drug-likeness (QED) is 0.933. The molecule has 2 aromatic rings. The number of nitrogens with one attached hydrogen (secondary N) is 1. The Morgan fingerprint density at radius 3 is 3.10 bits per heavy atom. The van der Waals surface area contributed by atoms with Gasteiger partial charge in [-0.15, -0.1) is 0 Å². The van der Waals surface area contributed by atoms with Crippen LogP contribution in [0.4, 0.5) is 0 Å². The van der Waals surface area contributed by atoms with Crippen molar-refractivity contribution < 1.29 is 0 Å². The minimum atomic E-state index is 0.719. The normalized spacial score (nSPS) is 20.4. The molecule has 0 amide bonds. The van der Waals surface area contributed by atoms with Crippen molar-refractivity contribution >= 4 is 28.1 Å². The van der Waals surface area contributed by atoms with Crippen LogP contribution in [0.2, 0.25) is 5.02 Å². The van der Waals surface area contributed by atoms with Gasteiger partial charge in [0, 0.05) is 25.0 Å². The topological polar surface area (TPSA) is 31.9 Å². The summed E-state index contributed by atoms with van der Waals surface area (Å²) in [7, 11) is 0. The van der Waals surface area contributed by atoms with Gasteiger partial charge in [0.05, 0.1) is 10.7 Å². The highest BCUT2D eigenvalue weighted by atomic mass is 35.5. The van der Waals surface area contributed by atoms with Gasteiger partial charge in [-0.05, 0) is 36.8 Å². The van der Waals surface area contributed by atoms with E-state index in [1.54, 1.807) is 0 Å². The zero-order valence-electron chi connectivity index (χ0n) is 11.4. The molecular weight excluding hydrogens is 270 g/mol. The predicted molar refractivity (Wildman–Crippen MR) is 82.9 cm³/mol. The molecule has 20 heavy (non-hydrogen) atoms. The summed E-state index contributed by atoms with van der Waals surface area (Å²) in [6.07, 6.45) is 6.30. The summed E-state index contributed by atoms with van der Waals surface area (Å²) >= 11 is 6.20. The second-order valence-corrected chi connectivity index (χ2v) is 6.34. The molecule has 1 fully saturated rings. The van der Waals surface area contributed by atoms with Gasteiger partial charge in [-0.3, -0.25) is 10.00 Å². The van der Waals surface area contributed by atoms with E-state index >= 15 is 0 Å². The highest BCUT2D eigenvalue weighted by Gasteiger charge is 2.26. The maximum absolute atomic E-state index is 6.20. The summed E-state index contributed by atoms with van der Waals surface area (Å²) in [5.41, 5.74) is 3.38. The number of para-hydroxylation sites is 1. The smallest absolute Gasteiger partial charge is 0.111 e. The second-order valence-electron chi connectivity index (χ2n) is 5.93. The molecule has 0 bridgehead atoms. The van der Waals surface area contributed by atoms with E-state index in [0.29, 0.717) is 0 Å². The maximum atomic E-state index is 6.20. The van der Waals surface area contributed by atoms with Crippen LogP contribution in [0, 0.1) is 5.92 Å². The molecule has 2 heterocycles. The van der Waals surface area contributed by atoms with Crippen LogP contribution >= 0.6 is 11.6 Å². The summed E-state index contributed by atoms with van der Waals surface area (Å²) in [6, 6.07) is 5.99. The Kier molecular flexibility index (Phi) is 3.04. The van der Waals surface area contributed by atoms with Crippen LogP contribution < -0.4 is 0 Å². The molecule has 1 saturated carbocycles. The average molecular weight is 288 g/mol. The van der Waals surface area contributed by atoms with Crippen molar-refractivity contribution in [2.24, 2.45) is 5.92 Å². The molecule has 104 valence electrons. The minimum Gasteiger partial charge on any atom is -0.298 e. The van der Waals surface area contributed by atoms with E-state index in [4.69, 9.17) is 11.6 Å².